The Morgan fingerprint density at radius 1 is 1.41 bits per heavy atom. The first-order valence-electron chi connectivity index (χ1n) is 7.60. The van der Waals surface area contributed by atoms with Crippen LogP contribution in [0.25, 0.3) is 0 Å². The van der Waals surface area contributed by atoms with Crippen molar-refractivity contribution in [3.05, 3.63) is 58.2 Å². The number of rotatable bonds is 5. The van der Waals surface area contributed by atoms with E-state index in [0.29, 0.717) is 12.2 Å². The van der Waals surface area contributed by atoms with E-state index in [4.69, 9.17) is 0 Å². The molecule has 2 rings (SSSR count). The van der Waals surface area contributed by atoms with Crippen molar-refractivity contribution in [3.8, 4) is 0 Å². The molecule has 0 aromatic heterocycles. The van der Waals surface area contributed by atoms with E-state index in [9.17, 15) is 14.3 Å². The summed E-state index contributed by atoms with van der Waals surface area (Å²) in [5.41, 5.74) is 1.12. The first-order valence-corrected chi connectivity index (χ1v) is 8.91. The zero-order valence-corrected chi connectivity index (χ0v) is 14.1. The second-order valence-electron chi connectivity index (χ2n) is 6.36. The Labute approximate surface area is 134 Å². The molecule has 1 aliphatic rings. The van der Waals surface area contributed by atoms with E-state index in [1.165, 1.54) is 0 Å². The average Bonchev–Trinajstić information content (AvgIpc) is 2.47. The third-order valence-corrected chi connectivity index (χ3v) is 6.85. The van der Waals surface area contributed by atoms with E-state index in [1.54, 1.807) is 6.92 Å². The van der Waals surface area contributed by atoms with Gasteiger partial charge < -0.3 is 0 Å². The molecule has 0 N–H and O–H groups in total. The van der Waals surface area contributed by atoms with Crippen molar-refractivity contribution < 1.29 is 9.13 Å². The summed E-state index contributed by atoms with van der Waals surface area (Å²) < 4.78 is 12.1. The summed E-state index contributed by atoms with van der Waals surface area (Å²) in [6.45, 7) is 5.66. The Bertz CT molecular complexity index is 587. The maximum absolute atomic E-state index is 12.9. The molecule has 0 saturated carbocycles. The lowest BCUT2D eigenvalue weighted by molar-refractivity contribution is -0.535. The number of hydrogen-bond donors (Lipinski definition) is 0. The molecule has 0 spiro atoms. The highest BCUT2D eigenvalue weighted by Gasteiger charge is 2.51. The van der Waals surface area contributed by atoms with Crippen molar-refractivity contribution in [3.63, 3.8) is 0 Å². The molecule has 1 aromatic rings. The fourth-order valence-electron chi connectivity index (χ4n) is 3.24. The fraction of sp³-hybridized carbons (Fsp3) is 0.529. The number of allylic oxidation sites excluding steroid dienone is 1. The van der Waals surface area contributed by atoms with Gasteiger partial charge in [0.05, 0.1) is 0 Å². The van der Waals surface area contributed by atoms with Gasteiger partial charge in [0.25, 0.3) is 0 Å². The maximum atomic E-state index is 12.9. The van der Waals surface area contributed by atoms with E-state index in [-0.39, 0.29) is 16.8 Å². The number of benzene rings is 1. The summed E-state index contributed by atoms with van der Waals surface area (Å²) in [6, 6.07) is 9.10. The van der Waals surface area contributed by atoms with Gasteiger partial charge in [-0.15, -0.1) is 0 Å². The second-order valence-corrected chi connectivity index (χ2v) is 8.32. The van der Waals surface area contributed by atoms with Gasteiger partial charge in [-0.05, 0) is 24.8 Å². The first kappa shape index (κ1) is 16.9. The van der Waals surface area contributed by atoms with Crippen LogP contribution < -0.4 is 0 Å². The Balaban J connectivity index is 2.20. The van der Waals surface area contributed by atoms with Crippen LogP contribution in [0.15, 0.2) is 42.5 Å². The molecule has 0 unspecified atom stereocenters. The molecule has 0 radical (unpaired) electrons. The molecular formula is C17H23NO3S. The van der Waals surface area contributed by atoms with Gasteiger partial charge in [0.15, 0.2) is 0 Å². The van der Waals surface area contributed by atoms with Gasteiger partial charge in [-0.3, -0.25) is 14.3 Å². The van der Waals surface area contributed by atoms with Crippen LogP contribution in [0.3, 0.4) is 0 Å². The van der Waals surface area contributed by atoms with Crippen molar-refractivity contribution in [1.29, 1.82) is 0 Å². The van der Waals surface area contributed by atoms with Gasteiger partial charge in [-0.25, -0.2) is 0 Å². The van der Waals surface area contributed by atoms with Gasteiger partial charge in [-0.1, -0.05) is 56.3 Å². The molecule has 0 heterocycles. The van der Waals surface area contributed by atoms with Crippen LogP contribution in [0.5, 0.6) is 0 Å². The van der Waals surface area contributed by atoms with E-state index in [0.717, 1.165) is 5.56 Å². The van der Waals surface area contributed by atoms with Crippen molar-refractivity contribution in [2.24, 2.45) is 5.92 Å². The summed E-state index contributed by atoms with van der Waals surface area (Å²) >= 11 is 0. The second kappa shape index (κ2) is 6.73. The van der Waals surface area contributed by atoms with Crippen LogP contribution in [-0.4, -0.2) is 25.7 Å². The van der Waals surface area contributed by atoms with Crippen molar-refractivity contribution in [2.45, 2.75) is 43.9 Å². The van der Waals surface area contributed by atoms with Crippen LogP contribution >= 0.6 is 0 Å². The monoisotopic (exact) mass is 321 g/mol. The number of nitrogens with zero attached hydrogens (tertiary/aromatic N) is 1. The number of hydrogen-bond acceptors (Lipinski definition) is 3. The van der Waals surface area contributed by atoms with Gasteiger partial charge in [0.2, 0.25) is 6.04 Å². The first-order chi connectivity index (χ1) is 10.4. The molecule has 120 valence electrons. The molecule has 0 amide bonds. The number of nitro groups is 1. The van der Waals surface area contributed by atoms with Gasteiger partial charge in [-0.2, -0.15) is 0 Å². The van der Waals surface area contributed by atoms with Gasteiger partial charge >= 0.3 is 0 Å². The highest BCUT2D eigenvalue weighted by molar-refractivity contribution is 7.86. The standard InChI is InChI=1S/C17H23NO3S/c1-13-8-7-11-17(3,16(13)18(19)20)22(21)12-14(2)15-9-5-4-6-10-15/h4-10,13-14,16H,11-12H2,1-3H3/t13-,14+,16+,17+,22-/m0/s1. The van der Waals surface area contributed by atoms with Crippen molar-refractivity contribution in [2.75, 3.05) is 5.75 Å². The van der Waals surface area contributed by atoms with Gasteiger partial charge in [0.1, 0.15) is 4.75 Å². The zero-order chi connectivity index (χ0) is 16.3. The quantitative estimate of drug-likeness (QED) is 0.473. The van der Waals surface area contributed by atoms with Crippen molar-refractivity contribution >= 4 is 10.8 Å². The third-order valence-electron chi connectivity index (χ3n) is 4.60. The molecule has 5 heteroatoms. The maximum Gasteiger partial charge on any atom is 0.235 e. The van der Waals surface area contributed by atoms with E-state index >= 15 is 0 Å². The summed E-state index contributed by atoms with van der Waals surface area (Å²) in [7, 11) is -1.27. The lowest BCUT2D eigenvalue weighted by atomic mass is 9.83. The molecule has 4 nitrogen and oxygen atoms in total. The van der Waals surface area contributed by atoms with Crippen LogP contribution in [0.2, 0.25) is 0 Å². The van der Waals surface area contributed by atoms with Crippen LogP contribution in [0, 0.1) is 16.0 Å². The largest absolute Gasteiger partial charge is 0.264 e. The predicted molar refractivity (Wildman–Crippen MR) is 90.0 cm³/mol. The van der Waals surface area contributed by atoms with E-state index < -0.39 is 21.6 Å². The summed E-state index contributed by atoms with van der Waals surface area (Å²) in [4.78, 5) is 11.2. The Hall–Kier alpha value is -1.49. The Morgan fingerprint density at radius 2 is 2.05 bits per heavy atom. The van der Waals surface area contributed by atoms with E-state index in [2.05, 4.69) is 0 Å². The van der Waals surface area contributed by atoms with E-state index in [1.807, 2.05) is 56.3 Å². The Kier molecular flexibility index (Phi) is 5.16. The molecule has 5 atom stereocenters. The summed E-state index contributed by atoms with van der Waals surface area (Å²) in [6.07, 6.45) is 4.31. The van der Waals surface area contributed by atoms with Gasteiger partial charge in [0, 0.05) is 27.4 Å². The summed E-state index contributed by atoms with van der Waals surface area (Å²) in [5, 5.41) is 11.5. The topological polar surface area (TPSA) is 60.2 Å². The lowest BCUT2D eigenvalue weighted by Crippen LogP contribution is -2.53. The molecular weight excluding hydrogens is 298 g/mol. The lowest BCUT2D eigenvalue weighted by Gasteiger charge is -2.36. The molecule has 0 saturated heterocycles. The zero-order valence-electron chi connectivity index (χ0n) is 13.3. The average molecular weight is 321 g/mol. The normalized spacial score (nSPS) is 30.7. The molecule has 22 heavy (non-hydrogen) atoms. The van der Waals surface area contributed by atoms with Crippen molar-refractivity contribution in [1.82, 2.24) is 0 Å². The minimum Gasteiger partial charge on any atom is -0.264 e. The summed E-state index contributed by atoms with van der Waals surface area (Å²) in [5.74, 6) is 0.378. The minimum absolute atomic E-state index is 0.118. The highest BCUT2D eigenvalue weighted by atomic mass is 32.2. The van der Waals surface area contributed by atoms with Crippen LogP contribution in [0.1, 0.15) is 38.7 Å². The smallest absolute Gasteiger partial charge is 0.235 e. The SMILES string of the molecule is C[C@H](C[S@](=O)[C@]1(C)CC=C[C@H](C)[C@H]1[N+](=O)[O-])c1ccccc1. The van der Waals surface area contributed by atoms with Crippen LogP contribution in [0.4, 0.5) is 0 Å². The Morgan fingerprint density at radius 3 is 2.64 bits per heavy atom. The molecule has 0 bridgehead atoms. The fourth-order valence-corrected chi connectivity index (χ4v) is 5.12. The molecule has 1 aliphatic carbocycles. The third kappa shape index (κ3) is 3.29. The minimum atomic E-state index is -1.27. The highest BCUT2D eigenvalue weighted by Crippen LogP contribution is 2.36. The van der Waals surface area contributed by atoms with Crippen LogP contribution in [-0.2, 0) is 10.8 Å². The molecule has 1 aromatic carbocycles. The molecule has 0 fully saturated rings. The predicted octanol–water partition coefficient (Wildman–Crippen LogP) is 3.54. The molecule has 0 aliphatic heterocycles.